The van der Waals surface area contributed by atoms with Crippen LogP contribution in [0.2, 0.25) is 5.02 Å². The molecule has 1 atom stereocenters. The molecule has 0 radical (unpaired) electrons. The fourth-order valence-electron chi connectivity index (χ4n) is 1.39. The number of nitrogens with zero attached hydrogens (tertiary/aromatic N) is 1. The Hall–Kier alpha value is -0.550. The van der Waals surface area contributed by atoms with E-state index in [9.17, 15) is 0 Å². The van der Waals surface area contributed by atoms with Gasteiger partial charge >= 0.3 is 0 Å². The molecule has 1 unspecified atom stereocenters. The summed E-state index contributed by atoms with van der Waals surface area (Å²) in [7, 11) is 1.94. The van der Waals surface area contributed by atoms with Gasteiger partial charge in [-0.2, -0.15) is 0 Å². The van der Waals surface area contributed by atoms with E-state index < -0.39 is 0 Å². The summed E-state index contributed by atoms with van der Waals surface area (Å²) in [6.07, 6.45) is 1.80. The van der Waals surface area contributed by atoms with Gasteiger partial charge in [0.05, 0.1) is 5.02 Å². The standard InChI is InChI=1S/C12H13ClN2S2/c1-8(14-2)9-3-4-11(10(13)7-9)17-12-15-5-6-16-12/h3-8,14H,1-2H3. The zero-order chi connectivity index (χ0) is 12.3. The lowest BCUT2D eigenvalue weighted by molar-refractivity contribution is 0.652. The molecular formula is C12H13ClN2S2. The van der Waals surface area contributed by atoms with Gasteiger partial charge in [0.15, 0.2) is 4.34 Å². The number of hydrogen-bond acceptors (Lipinski definition) is 4. The van der Waals surface area contributed by atoms with Crippen LogP contribution >= 0.6 is 34.7 Å². The van der Waals surface area contributed by atoms with Crippen LogP contribution in [0.3, 0.4) is 0 Å². The van der Waals surface area contributed by atoms with Crippen molar-refractivity contribution in [3.05, 3.63) is 40.4 Å². The van der Waals surface area contributed by atoms with E-state index in [1.54, 1.807) is 29.3 Å². The maximum atomic E-state index is 6.28. The summed E-state index contributed by atoms with van der Waals surface area (Å²) >= 11 is 9.50. The van der Waals surface area contributed by atoms with Crippen LogP contribution in [-0.2, 0) is 0 Å². The van der Waals surface area contributed by atoms with Crippen molar-refractivity contribution in [2.75, 3.05) is 7.05 Å². The van der Waals surface area contributed by atoms with Gasteiger partial charge in [0, 0.05) is 22.5 Å². The second kappa shape index (κ2) is 5.87. The van der Waals surface area contributed by atoms with Crippen LogP contribution in [0.1, 0.15) is 18.5 Å². The van der Waals surface area contributed by atoms with Crippen LogP contribution in [0.5, 0.6) is 0 Å². The van der Waals surface area contributed by atoms with Gasteiger partial charge in [0.1, 0.15) is 0 Å². The molecule has 90 valence electrons. The van der Waals surface area contributed by atoms with Gasteiger partial charge in [-0.1, -0.05) is 29.4 Å². The van der Waals surface area contributed by atoms with Crippen molar-refractivity contribution in [3.8, 4) is 0 Å². The van der Waals surface area contributed by atoms with Gasteiger partial charge in [-0.05, 0) is 31.7 Å². The van der Waals surface area contributed by atoms with Crippen molar-refractivity contribution in [3.63, 3.8) is 0 Å². The fourth-order valence-corrected chi connectivity index (χ4v) is 3.28. The van der Waals surface area contributed by atoms with Crippen molar-refractivity contribution < 1.29 is 0 Å². The lowest BCUT2D eigenvalue weighted by atomic mass is 10.1. The monoisotopic (exact) mass is 284 g/mol. The van der Waals surface area contributed by atoms with E-state index in [0.717, 1.165) is 14.3 Å². The van der Waals surface area contributed by atoms with Crippen LogP contribution < -0.4 is 5.32 Å². The van der Waals surface area contributed by atoms with E-state index in [4.69, 9.17) is 11.6 Å². The first kappa shape index (κ1) is 12.9. The quantitative estimate of drug-likeness (QED) is 0.909. The molecule has 0 amide bonds. The first-order valence-electron chi connectivity index (χ1n) is 5.24. The predicted octanol–water partition coefficient (Wildman–Crippen LogP) is 4.23. The Labute approximate surface area is 114 Å². The van der Waals surface area contributed by atoms with Crippen molar-refractivity contribution >= 4 is 34.7 Å². The highest BCUT2D eigenvalue weighted by atomic mass is 35.5. The average Bonchev–Trinajstić information content (AvgIpc) is 2.83. The maximum Gasteiger partial charge on any atom is 0.154 e. The maximum absolute atomic E-state index is 6.28. The second-order valence-electron chi connectivity index (χ2n) is 3.60. The van der Waals surface area contributed by atoms with Gasteiger partial charge in [-0.3, -0.25) is 0 Å². The molecule has 1 N–H and O–H groups in total. The molecule has 2 rings (SSSR count). The lowest BCUT2D eigenvalue weighted by Crippen LogP contribution is -2.12. The molecule has 0 spiro atoms. The van der Waals surface area contributed by atoms with Crippen LogP contribution in [-0.4, -0.2) is 12.0 Å². The van der Waals surface area contributed by atoms with E-state index in [-0.39, 0.29) is 0 Å². The molecule has 1 aromatic heterocycles. The number of aromatic nitrogens is 1. The molecular weight excluding hydrogens is 272 g/mol. The molecule has 0 fully saturated rings. The minimum atomic E-state index is 0.311. The third kappa shape index (κ3) is 3.22. The molecule has 17 heavy (non-hydrogen) atoms. The zero-order valence-electron chi connectivity index (χ0n) is 9.61. The van der Waals surface area contributed by atoms with Crippen LogP contribution in [0.4, 0.5) is 0 Å². The van der Waals surface area contributed by atoms with E-state index >= 15 is 0 Å². The predicted molar refractivity (Wildman–Crippen MR) is 75.2 cm³/mol. The Balaban J connectivity index is 2.20. The summed E-state index contributed by atoms with van der Waals surface area (Å²) in [5, 5.41) is 5.95. The molecule has 0 saturated carbocycles. The Morgan fingerprint density at radius 2 is 2.29 bits per heavy atom. The SMILES string of the molecule is CNC(C)c1ccc(Sc2nccs2)c(Cl)c1. The van der Waals surface area contributed by atoms with Crippen molar-refractivity contribution in [1.29, 1.82) is 0 Å². The Kier molecular flexibility index (Phi) is 4.45. The smallest absolute Gasteiger partial charge is 0.154 e. The van der Waals surface area contributed by atoms with Gasteiger partial charge in [-0.15, -0.1) is 11.3 Å². The Morgan fingerprint density at radius 1 is 1.47 bits per heavy atom. The molecule has 2 nitrogen and oxygen atoms in total. The fraction of sp³-hybridized carbons (Fsp3) is 0.250. The van der Waals surface area contributed by atoms with Gasteiger partial charge in [0.25, 0.3) is 0 Å². The van der Waals surface area contributed by atoms with Crippen molar-refractivity contribution in [2.45, 2.75) is 22.2 Å². The highest BCUT2D eigenvalue weighted by molar-refractivity contribution is 8.01. The molecule has 0 aliphatic carbocycles. The van der Waals surface area contributed by atoms with Crippen LogP contribution in [0, 0.1) is 0 Å². The molecule has 0 saturated heterocycles. The largest absolute Gasteiger partial charge is 0.313 e. The number of nitrogens with one attached hydrogen (secondary N) is 1. The molecule has 1 heterocycles. The summed E-state index contributed by atoms with van der Waals surface area (Å²) in [4.78, 5) is 5.29. The first-order chi connectivity index (χ1) is 8.20. The minimum absolute atomic E-state index is 0.311. The third-order valence-electron chi connectivity index (χ3n) is 2.50. The molecule has 0 aliphatic rings. The molecule has 2 aromatic rings. The van der Waals surface area contributed by atoms with E-state index in [2.05, 4.69) is 29.4 Å². The van der Waals surface area contributed by atoms with Gasteiger partial charge in [-0.25, -0.2) is 4.98 Å². The average molecular weight is 285 g/mol. The highest BCUT2D eigenvalue weighted by Gasteiger charge is 2.08. The Morgan fingerprint density at radius 3 is 2.88 bits per heavy atom. The first-order valence-corrected chi connectivity index (χ1v) is 7.32. The van der Waals surface area contributed by atoms with E-state index in [1.807, 2.05) is 18.5 Å². The summed E-state index contributed by atoms with van der Waals surface area (Å²) in [6, 6.07) is 6.48. The number of halogens is 1. The van der Waals surface area contributed by atoms with Crippen molar-refractivity contribution in [2.24, 2.45) is 0 Å². The van der Waals surface area contributed by atoms with Gasteiger partial charge in [0.2, 0.25) is 0 Å². The number of benzene rings is 1. The topological polar surface area (TPSA) is 24.9 Å². The summed E-state index contributed by atoms with van der Waals surface area (Å²) in [6.45, 7) is 2.11. The lowest BCUT2D eigenvalue weighted by Gasteiger charge is -2.12. The van der Waals surface area contributed by atoms with Crippen LogP contribution in [0.15, 0.2) is 39.0 Å². The normalized spacial score (nSPS) is 12.6. The summed E-state index contributed by atoms with van der Waals surface area (Å²) in [5.41, 5.74) is 1.20. The zero-order valence-corrected chi connectivity index (χ0v) is 12.0. The van der Waals surface area contributed by atoms with E-state index in [0.29, 0.717) is 6.04 Å². The minimum Gasteiger partial charge on any atom is -0.313 e. The van der Waals surface area contributed by atoms with Gasteiger partial charge < -0.3 is 5.32 Å². The molecule has 1 aromatic carbocycles. The Bertz CT molecular complexity index is 485. The summed E-state index contributed by atoms with van der Waals surface area (Å²) in [5.74, 6) is 0. The number of rotatable bonds is 4. The molecule has 0 bridgehead atoms. The highest BCUT2D eigenvalue weighted by Crippen LogP contribution is 2.35. The second-order valence-corrected chi connectivity index (χ2v) is 6.19. The van der Waals surface area contributed by atoms with E-state index in [1.165, 1.54) is 5.56 Å². The number of hydrogen-bond donors (Lipinski definition) is 1. The number of thiazole rings is 1. The van der Waals surface area contributed by atoms with Crippen molar-refractivity contribution in [1.82, 2.24) is 10.3 Å². The van der Waals surface area contributed by atoms with Crippen LogP contribution in [0.25, 0.3) is 0 Å². The molecule has 0 aliphatic heterocycles. The third-order valence-corrected chi connectivity index (χ3v) is 4.88. The summed E-state index contributed by atoms with van der Waals surface area (Å²) < 4.78 is 1.02. The molecule has 5 heteroatoms.